The number of aromatic nitrogens is 2. The van der Waals surface area contributed by atoms with E-state index in [0.29, 0.717) is 31.5 Å². The molecule has 0 saturated heterocycles. The number of ether oxygens (including phenoxy) is 3. The van der Waals surface area contributed by atoms with Gasteiger partial charge in [-0.1, -0.05) is 5.16 Å². The highest BCUT2D eigenvalue weighted by atomic mass is 16.5. The minimum atomic E-state index is -0.168. The summed E-state index contributed by atoms with van der Waals surface area (Å²) < 4.78 is 22.3. The first-order valence-corrected chi connectivity index (χ1v) is 8.04. The van der Waals surface area contributed by atoms with Crippen LogP contribution in [-0.4, -0.2) is 30.0 Å². The molecule has 23 heavy (non-hydrogen) atoms. The van der Waals surface area contributed by atoms with E-state index in [1.165, 1.54) is 0 Å². The molecule has 0 bridgehead atoms. The molecular formula is C17H22N2O4. The van der Waals surface area contributed by atoms with Crippen molar-refractivity contribution in [2.45, 2.75) is 39.2 Å². The van der Waals surface area contributed by atoms with Crippen molar-refractivity contribution in [3.05, 3.63) is 35.5 Å². The largest absolute Gasteiger partial charge is 0.494 e. The molecule has 0 unspecified atom stereocenters. The highest BCUT2D eigenvalue weighted by Crippen LogP contribution is 2.34. The summed E-state index contributed by atoms with van der Waals surface area (Å²) >= 11 is 0. The van der Waals surface area contributed by atoms with Gasteiger partial charge in [-0.2, -0.15) is 4.98 Å². The minimum absolute atomic E-state index is 0.0504. The minimum Gasteiger partial charge on any atom is -0.494 e. The Balaban J connectivity index is 1.75. The summed E-state index contributed by atoms with van der Waals surface area (Å²) in [6.07, 6.45) is 0.625. The van der Waals surface area contributed by atoms with Gasteiger partial charge in [-0.3, -0.25) is 0 Å². The number of hydrogen-bond acceptors (Lipinski definition) is 6. The molecule has 0 saturated carbocycles. The lowest BCUT2D eigenvalue weighted by molar-refractivity contribution is 0.0683. The Labute approximate surface area is 135 Å². The van der Waals surface area contributed by atoms with Crippen molar-refractivity contribution in [1.29, 1.82) is 0 Å². The van der Waals surface area contributed by atoms with Crippen LogP contribution in [0.25, 0.3) is 0 Å². The van der Waals surface area contributed by atoms with Gasteiger partial charge in [0, 0.05) is 6.61 Å². The second-order valence-corrected chi connectivity index (χ2v) is 5.50. The standard InChI is InChI=1S/C17H22N2O4/c1-4-20-11(3)16-18-17(23-19-16)13-8-12-9-14(21-5-2)6-7-15(12)22-10-13/h6-7,9,11,13H,4-5,8,10H2,1-3H3/t11-,13-/m0/s1. The third kappa shape index (κ3) is 3.47. The van der Waals surface area contributed by atoms with E-state index in [1.807, 2.05) is 39.0 Å². The molecule has 1 aromatic heterocycles. The molecular weight excluding hydrogens is 296 g/mol. The van der Waals surface area contributed by atoms with Gasteiger partial charge in [-0.05, 0) is 51.0 Å². The van der Waals surface area contributed by atoms with Gasteiger partial charge in [0.2, 0.25) is 5.89 Å². The van der Waals surface area contributed by atoms with Crippen molar-refractivity contribution in [2.24, 2.45) is 0 Å². The van der Waals surface area contributed by atoms with Gasteiger partial charge in [0.1, 0.15) is 24.2 Å². The van der Waals surface area contributed by atoms with Crippen LogP contribution in [0.2, 0.25) is 0 Å². The summed E-state index contributed by atoms with van der Waals surface area (Å²) in [6, 6.07) is 5.90. The van der Waals surface area contributed by atoms with Crippen molar-refractivity contribution >= 4 is 0 Å². The van der Waals surface area contributed by atoms with E-state index in [1.54, 1.807) is 0 Å². The summed E-state index contributed by atoms with van der Waals surface area (Å²) in [7, 11) is 0. The van der Waals surface area contributed by atoms with E-state index < -0.39 is 0 Å². The Bertz CT molecular complexity index is 656. The van der Waals surface area contributed by atoms with Crippen molar-refractivity contribution in [3.8, 4) is 11.5 Å². The lowest BCUT2D eigenvalue weighted by Gasteiger charge is -2.23. The molecule has 2 aromatic rings. The van der Waals surface area contributed by atoms with Gasteiger partial charge in [-0.15, -0.1) is 0 Å². The molecule has 124 valence electrons. The maximum absolute atomic E-state index is 5.83. The monoisotopic (exact) mass is 318 g/mol. The van der Waals surface area contributed by atoms with Crippen LogP contribution in [0.1, 0.15) is 50.1 Å². The van der Waals surface area contributed by atoms with Crippen molar-refractivity contribution in [3.63, 3.8) is 0 Å². The van der Waals surface area contributed by atoms with E-state index in [2.05, 4.69) is 10.1 Å². The summed E-state index contributed by atoms with van der Waals surface area (Å²) in [5.74, 6) is 2.97. The summed E-state index contributed by atoms with van der Waals surface area (Å²) in [5.41, 5.74) is 1.10. The fraction of sp³-hybridized carbons (Fsp3) is 0.529. The SMILES string of the molecule is CCOc1ccc2c(c1)C[C@H](c1nc([C@H](C)OCC)no1)CO2. The zero-order valence-corrected chi connectivity index (χ0v) is 13.7. The molecule has 3 rings (SSSR count). The van der Waals surface area contributed by atoms with Crippen LogP contribution in [-0.2, 0) is 11.2 Å². The zero-order chi connectivity index (χ0) is 16.2. The summed E-state index contributed by atoms with van der Waals surface area (Å²) in [4.78, 5) is 4.47. The smallest absolute Gasteiger partial charge is 0.233 e. The number of fused-ring (bicyclic) bond motifs is 1. The second-order valence-electron chi connectivity index (χ2n) is 5.50. The molecule has 0 radical (unpaired) electrons. The second kappa shape index (κ2) is 7.00. The van der Waals surface area contributed by atoms with Crippen LogP contribution in [0.4, 0.5) is 0 Å². The Kier molecular flexibility index (Phi) is 4.81. The van der Waals surface area contributed by atoms with Gasteiger partial charge in [0.05, 0.1) is 12.5 Å². The van der Waals surface area contributed by atoms with Crippen LogP contribution < -0.4 is 9.47 Å². The van der Waals surface area contributed by atoms with E-state index in [4.69, 9.17) is 18.7 Å². The molecule has 1 aliphatic rings. The van der Waals surface area contributed by atoms with Crippen LogP contribution in [0, 0.1) is 0 Å². The lowest BCUT2D eigenvalue weighted by Crippen LogP contribution is -2.19. The average Bonchev–Trinajstić information content (AvgIpc) is 3.05. The molecule has 6 nitrogen and oxygen atoms in total. The summed E-state index contributed by atoms with van der Waals surface area (Å²) in [6.45, 7) is 7.62. The molecule has 0 aliphatic carbocycles. The fourth-order valence-electron chi connectivity index (χ4n) is 2.69. The molecule has 1 aliphatic heterocycles. The van der Waals surface area contributed by atoms with Crippen LogP contribution in [0.15, 0.2) is 22.7 Å². The Morgan fingerprint density at radius 3 is 2.96 bits per heavy atom. The first-order valence-electron chi connectivity index (χ1n) is 8.04. The normalized spacial score (nSPS) is 18.1. The molecule has 0 fully saturated rings. The van der Waals surface area contributed by atoms with Crippen LogP contribution in [0.3, 0.4) is 0 Å². The first-order chi connectivity index (χ1) is 11.2. The molecule has 2 atom stereocenters. The third-order valence-corrected chi connectivity index (χ3v) is 3.84. The predicted molar refractivity (Wildman–Crippen MR) is 83.9 cm³/mol. The Morgan fingerprint density at radius 1 is 1.30 bits per heavy atom. The van der Waals surface area contributed by atoms with Crippen molar-refractivity contribution in [1.82, 2.24) is 10.1 Å². The van der Waals surface area contributed by atoms with Gasteiger partial charge in [0.25, 0.3) is 0 Å². The number of benzene rings is 1. The topological polar surface area (TPSA) is 66.6 Å². The Hall–Kier alpha value is -2.08. The first kappa shape index (κ1) is 15.8. The molecule has 1 aromatic carbocycles. The maximum atomic E-state index is 5.83. The van der Waals surface area contributed by atoms with Gasteiger partial charge in [0.15, 0.2) is 5.82 Å². The quantitative estimate of drug-likeness (QED) is 0.814. The van der Waals surface area contributed by atoms with E-state index in [0.717, 1.165) is 23.5 Å². The molecule has 6 heteroatoms. The molecule has 0 amide bonds. The number of rotatable bonds is 6. The van der Waals surface area contributed by atoms with Crippen molar-refractivity contribution in [2.75, 3.05) is 19.8 Å². The zero-order valence-electron chi connectivity index (χ0n) is 13.7. The van der Waals surface area contributed by atoms with Gasteiger partial charge in [-0.25, -0.2) is 0 Å². The van der Waals surface area contributed by atoms with E-state index >= 15 is 0 Å². The molecule has 2 heterocycles. The lowest BCUT2D eigenvalue weighted by atomic mass is 9.96. The van der Waals surface area contributed by atoms with Gasteiger partial charge < -0.3 is 18.7 Å². The van der Waals surface area contributed by atoms with Gasteiger partial charge >= 0.3 is 0 Å². The Morgan fingerprint density at radius 2 is 2.17 bits per heavy atom. The molecule has 0 spiro atoms. The maximum Gasteiger partial charge on any atom is 0.233 e. The van der Waals surface area contributed by atoms with Crippen LogP contribution in [0.5, 0.6) is 11.5 Å². The van der Waals surface area contributed by atoms with Crippen molar-refractivity contribution < 1.29 is 18.7 Å². The molecule has 0 N–H and O–H groups in total. The van der Waals surface area contributed by atoms with E-state index in [9.17, 15) is 0 Å². The average molecular weight is 318 g/mol. The van der Waals surface area contributed by atoms with E-state index in [-0.39, 0.29) is 12.0 Å². The fourth-order valence-corrected chi connectivity index (χ4v) is 2.69. The highest BCUT2D eigenvalue weighted by molar-refractivity contribution is 5.42. The summed E-state index contributed by atoms with van der Waals surface area (Å²) in [5, 5.41) is 4.02. The number of hydrogen-bond donors (Lipinski definition) is 0. The number of nitrogens with zero attached hydrogens (tertiary/aromatic N) is 2. The highest BCUT2D eigenvalue weighted by Gasteiger charge is 2.27. The predicted octanol–water partition coefficient (Wildman–Crippen LogP) is 3.28. The van der Waals surface area contributed by atoms with Crippen LogP contribution >= 0.6 is 0 Å². The third-order valence-electron chi connectivity index (χ3n) is 3.84.